The molecule has 0 saturated carbocycles. The molecule has 0 bridgehead atoms. The summed E-state index contributed by atoms with van der Waals surface area (Å²) in [6.45, 7) is 4.22. The van der Waals surface area contributed by atoms with Crippen molar-refractivity contribution in [1.82, 2.24) is 14.5 Å². The van der Waals surface area contributed by atoms with E-state index >= 15 is 0 Å². The molecule has 18 heavy (non-hydrogen) atoms. The van der Waals surface area contributed by atoms with Gasteiger partial charge in [0, 0.05) is 37.3 Å². The zero-order valence-electron chi connectivity index (χ0n) is 11.0. The molecule has 2 unspecified atom stereocenters. The fourth-order valence-electron chi connectivity index (χ4n) is 2.26. The molecule has 0 aromatic carbocycles. The van der Waals surface area contributed by atoms with Crippen LogP contribution in [0, 0.1) is 0 Å². The number of nitrogens with two attached hydrogens (primary N) is 1. The Bertz CT molecular complexity index is 478. The van der Waals surface area contributed by atoms with Gasteiger partial charge >= 0.3 is 0 Å². The van der Waals surface area contributed by atoms with Gasteiger partial charge in [-0.25, -0.2) is 4.98 Å². The van der Waals surface area contributed by atoms with E-state index in [0.717, 1.165) is 24.2 Å². The molecule has 96 valence electrons. The average Bonchev–Trinajstić information content (AvgIpc) is 2.88. The molecule has 0 aliphatic heterocycles. The molecule has 0 radical (unpaired) electrons. The molecule has 2 N–H and O–H groups in total. The van der Waals surface area contributed by atoms with Gasteiger partial charge in [-0.15, -0.1) is 0 Å². The summed E-state index contributed by atoms with van der Waals surface area (Å²) < 4.78 is 2.17. The van der Waals surface area contributed by atoms with Crippen molar-refractivity contribution < 1.29 is 0 Å². The van der Waals surface area contributed by atoms with E-state index in [4.69, 9.17) is 5.73 Å². The van der Waals surface area contributed by atoms with E-state index in [-0.39, 0.29) is 12.1 Å². The fraction of sp³-hybridized carbons (Fsp3) is 0.429. The highest BCUT2D eigenvalue weighted by Gasteiger charge is 2.22. The van der Waals surface area contributed by atoms with Crippen molar-refractivity contribution >= 4 is 0 Å². The largest absolute Gasteiger partial charge is 0.326 e. The Balaban J connectivity index is 2.44. The summed E-state index contributed by atoms with van der Waals surface area (Å²) in [4.78, 5) is 8.58. The molecule has 0 aliphatic rings. The summed E-state index contributed by atoms with van der Waals surface area (Å²) in [6.07, 6.45) is 9.34. The lowest BCUT2D eigenvalue weighted by Crippen LogP contribution is -2.33. The van der Waals surface area contributed by atoms with Crippen molar-refractivity contribution in [3.05, 3.63) is 48.3 Å². The lowest BCUT2D eigenvalue weighted by molar-refractivity contribution is 0.446. The first-order chi connectivity index (χ1) is 8.77. The van der Waals surface area contributed by atoms with Gasteiger partial charge in [-0.3, -0.25) is 4.98 Å². The smallest absolute Gasteiger partial charge is 0.108 e. The van der Waals surface area contributed by atoms with Crippen molar-refractivity contribution in [1.29, 1.82) is 0 Å². The Morgan fingerprint density at radius 1 is 1.33 bits per heavy atom. The molecule has 2 atom stereocenters. The number of nitrogens with zero attached hydrogens (tertiary/aromatic N) is 3. The molecular formula is C14H20N4. The standard InChI is InChI=1S/C14H20N4/c1-3-12(15)14(11-6-5-7-16-10-11)18-9-8-17-13(18)4-2/h5-10,12,14H,3-4,15H2,1-2H3. The molecular weight excluding hydrogens is 224 g/mol. The number of aromatic nitrogens is 3. The zero-order valence-corrected chi connectivity index (χ0v) is 11.0. The summed E-state index contributed by atoms with van der Waals surface area (Å²) in [6, 6.07) is 4.20. The van der Waals surface area contributed by atoms with Gasteiger partial charge in [0.1, 0.15) is 5.82 Å². The molecule has 2 aromatic rings. The second-order valence-electron chi connectivity index (χ2n) is 4.41. The first kappa shape index (κ1) is 12.8. The van der Waals surface area contributed by atoms with E-state index in [1.807, 2.05) is 24.7 Å². The van der Waals surface area contributed by atoms with Crippen LogP contribution in [0.3, 0.4) is 0 Å². The highest BCUT2D eigenvalue weighted by atomic mass is 15.1. The van der Waals surface area contributed by atoms with Gasteiger partial charge in [0.05, 0.1) is 6.04 Å². The first-order valence-electron chi connectivity index (χ1n) is 6.45. The van der Waals surface area contributed by atoms with Crippen LogP contribution < -0.4 is 5.73 Å². The Morgan fingerprint density at radius 2 is 2.17 bits per heavy atom. The van der Waals surface area contributed by atoms with Crippen molar-refractivity contribution in [3.63, 3.8) is 0 Å². The first-order valence-corrected chi connectivity index (χ1v) is 6.45. The maximum Gasteiger partial charge on any atom is 0.108 e. The summed E-state index contributed by atoms with van der Waals surface area (Å²) in [7, 11) is 0. The van der Waals surface area contributed by atoms with Gasteiger partial charge in [0.25, 0.3) is 0 Å². The minimum absolute atomic E-state index is 0.0636. The van der Waals surface area contributed by atoms with E-state index in [0.29, 0.717) is 0 Å². The monoisotopic (exact) mass is 244 g/mol. The zero-order chi connectivity index (χ0) is 13.0. The predicted molar refractivity (Wildman–Crippen MR) is 72.2 cm³/mol. The number of rotatable bonds is 5. The topological polar surface area (TPSA) is 56.7 Å². The lowest BCUT2D eigenvalue weighted by atomic mass is 9.99. The van der Waals surface area contributed by atoms with Gasteiger partial charge < -0.3 is 10.3 Å². The van der Waals surface area contributed by atoms with Crippen LogP contribution in [-0.4, -0.2) is 20.6 Å². The maximum atomic E-state index is 6.29. The summed E-state index contributed by atoms with van der Waals surface area (Å²) >= 11 is 0. The van der Waals surface area contributed by atoms with Crippen LogP contribution >= 0.6 is 0 Å². The lowest BCUT2D eigenvalue weighted by Gasteiger charge is -2.26. The van der Waals surface area contributed by atoms with Gasteiger partial charge in [0.15, 0.2) is 0 Å². The normalized spacial score (nSPS) is 14.4. The van der Waals surface area contributed by atoms with E-state index in [1.165, 1.54) is 0 Å². The van der Waals surface area contributed by atoms with Crippen LogP contribution in [0.5, 0.6) is 0 Å². The van der Waals surface area contributed by atoms with Gasteiger partial charge in [-0.2, -0.15) is 0 Å². The number of imidazole rings is 1. The average molecular weight is 244 g/mol. The third-order valence-electron chi connectivity index (χ3n) is 3.27. The van der Waals surface area contributed by atoms with Gasteiger partial charge in [0.2, 0.25) is 0 Å². The SMILES string of the molecule is CCc1nccn1C(c1cccnc1)C(N)CC. The minimum atomic E-state index is 0.0636. The van der Waals surface area contributed by atoms with E-state index in [9.17, 15) is 0 Å². The number of hydrogen-bond acceptors (Lipinski definition) is 3. The van der Waals surface area contributed by atoms with Crippen molar-refractivity contribution in [2.45, 2.75) is 38.8 Å². The molecule has 0 fully saturated rings. The number of hydrogen-bond donors (Lipinski definition) is 1. The number of aryl methyl sites for hydroxylation is 1. The highest BCUT2D eigenvalue weighted by molar-refractivity contribution is 5.19. The molecule has 4 heteroatoms. The quantitative estimate of drug-likeness (QED) is 0.877. The fourth-order valence-corrected chi connectivity index (χ4v) is 2.26. The third-order valence-corrected chi connectivity index (χ3v) is 3.27. The molecule has 2 aromatic heterocycles. The molecule has 0 aliphatic carbocycles. The van der Waals surface area contributed by atoms with Crippen LogP contribution in [0.25, 0.3) is 0 Å². The molecule has 0 spiro atoms. The highest BCUT2D eigenvalue weighted by Crippen LogP contribution is 2.23. The molecule has 2 heterocycles. The van der Waals surface area contributed by atoms with Gasteiger partial charge in [-0.1, -0.05) is 19.9 Å². The van der Waals surface area contributed by atoms with Crippen LogP contribution in [0.2, 0.25) is 0 Å². The number of pyridine rings is 1. The minimum Gasteiger partial charge on any atom is -0.326 e. The third kappa shape index (κ3) is 2.43. The maximum absolute atomic E-state index is 6.29. The molecule has 2 rings (SSSR count). The second kappa shape index (κ2) is 5.78. The summed E-state index contributed by atoms with van der Waals surface area (Å²) in [5, 5.41) is 0. The predicted octanol–water partition coefficient (Wildman–Crippen LogP) is 2.17. The molecule has 0 amide bonds. The van der Waals surface area contributed by atoms with Crippen molar-refractivity contribution in [2.75, 3.05) is 0 Å². The molecule has 4 nitrogen and oxygen atoms in total. The van der Waals surface area contributed by atoms with Crippen LogP contribution in [0.4, 0.5) is 0 Å². The van der Waals surface area contributed by atoms with E-state index in [1.54, 1.807) is 6.20 Å². The van der Waals surface area contributed by atoms with Gasteiger partial charge in [-0.05, 0) is 18.1 Å². The summed E-state index contributed by atoms with van der Waals surface area (Å²) in [5.41, 5.74) is 7.43. The Kier molecular flexibility index (Phi) is 4.10. The van der Waals surface area contributed by atoms with Crippen LogP contribution in [-0.2, 0) is 6.42 Å². The Morgan fingerprint density at radius 3 is 2.78 bits per heavy atom. The molecule has 0 saturated heterocycles. The van der Waals surface area contributed by atoms with Crippen molar-refractivity contribution in [3.8, 4) is 0 Å². The van der Waals surface area contributed by atoms with Crippen molar-refractivity contribution in [2.24, 2.45) is 5.73 Å². The Labute approximate surface area is 108 Å². The van der Waals surface area contributed by atoms with Crippen LogP contribution in [0.1, 0.15) is 37.7 Å². The second-order valence-corrected chi connectivity index (χ2v) is 4.41. The van der Waals surface area contributed by atoms with Crippen LogP contribution in [0.15, 0.2) is 36.9 Å². The Hall–Kier alpha value is -1.68. The summed E-state index contributed by atoms with van der Waals surface area (Å²) in [5.74, 6) is 1.06. The van der Waals surface area contributed by atoms with E-state index < -0.39 is 0 Å². The van der Waals surface area contributed by atoms with E-state index in [2.05, 4.69) is 34.4 Å².